The summed E-state index contributed by atoms with van der Waals surface area (Å²) >= 11 is 0. The Morgan fingerprint density at radius 1 is 0.944 bits per heavy atom. The third-order valence-electron chi connectivity index (χ3n) is 4.30. The van der Waals surface area contributed by atoms with Gasteiger partial charge in [-0.05, 0) is 25.0 Å². The Labute approximate surface area is 105 Å². The van der Waals surface area contributed by atoms with E-state index in [9.17, 15) is 9.59 Å². The molecule has 0 unspecified atom stereocenters. The number of hydrogen-bond acceptors (Lipinski definition) is 3. The lowest BCUT2D eigenvalue weighted by Crippen LogP contribution is -2.34. The van der Waals surface area contributed by atoms with Crippen molar-refractivity contribution in [2.45, 2.75) is 25.0 Å². The molecule has 3 heterocycles. The molecule has 3 aliphatic rings. The number of amides is 2. The molecule has 0 aliphatic carbocycles. The zero-order chi connectivity index (χ0) is 12.3. The number of carbonyl (C=O) groups is 2. The van der Waals surface area contributed by atoms with Gasteiger partial charge in [-0.15, -0.1) is 0 Å². The van der Waals surface area contributed by atoms with E-state index in [0.717, 1.165) is 12.8 Å². The normalized spacial score (nSPS) is 37.4. The lowest BCUT2D eigenvalue weighted by atomic mass is 9.81. The van der Waals surface area contributed by atoms with Gasteiger partial charge in [0, 0.05) is 0 Å². The molecule has 0 radical (unpaired) electrons. The predicted octanol–water partition coefficient (Wildman–Crippen LogP) is 1.35. The van der Waals surface area contributed by atoms with Gasteiger partial charge in [-0.2, -0.15) is 0 Å². The van der Waals surface area contributed by atoms with Crippen molar-refractivity contribution in [2.24, 2.45) is 11.8 Å². The third-order valence-corrected chi connectivity index (χ3v) is 4.30. The number of benzene rings is 1. The van der Waals surface area contributed by atoms with E-state index in [0.29, 0.717) is 5.69 Å². The minimum atomic E-state index is -0.239. The van der Waals surface area contributed by atoms with Crippen molar-refractivity contribution in [3.8, 4) is 0 Å². The fourth-order valence-electron chi connectivity index (χ4n) is 3.54. The maximum atomic E-state index is 12.4. The van der Waals surface area contributed by atoms with Crippen LogP contribution in [0.4, 0.5) is 5.69 Å². The van der Waals surface area contributed by atoms with Gasteiger partial charge in [0.15, 0.2) is 0 Å². The van der Waals surface area contributed by atoms with E-state index < -0.39 is 0 Å². The van der Waals surface area contributed by atoms with Gasteiger partial charge in [-0.1, -0.05) is 18.2 Å². The third kappa shape index (κ3) is 1.13. The fraction of sp³-hybridized carbons (Fsp3) is 0.429. The Morgan fingerprint density at radius 3 is 2.06 bits per heavy atom. The number of anilines is 1. The summed E-state index contributed by atoms with van der Waals surface area (Å²) in [5.74, 6) is -0.639. The molecule has 4 nitrogen and oxygen atoms in total. The summed E-state index contributed by atoms with van der Waals surface area (Å²) in [6.07, 6.45) is 1.75. The largest absolute Gasteiger partial charge is 0.373 e. The van der Waals surface area contributed by atoms with Crippen molar-refractivity contribution in [1.82, 2.24) is 0 Å². The molecule has 0 spiro atoms. The minimum absolute atomic E-state index is 0.0369. The van der Waals surface area contributed by atoms with Crippen LogP contribution in [0.25, 0.3) is 0 Å². The van der Waals surface area contributed by atoms with Gasteiger partial charge in [0.05, 0.1) is 29.7 Å². The van der Waals surface area contributed by atoms with Gasteiger partial charge in [-0.25, -0.2) is 4.90 Å². The molecule has 4 heteroatoms. The molecular weight excluding hydrogens is 230 g/mol. The molecule has 3 fully saturated rings. The first-order chi connectivity index (χ1) is 8.77. The van der Waals surface area contributed by atoms with Crippen molar-refractivity contribution in [3.05, 3.63) is 30.3 Å². The maximum Gasteiger partial charge on any atom is 0.240 e. The zero-order valence-electron chi connectivity index (χ0n) is 9.78. The van der Waals surface area contributed by atoms with Crippen LogP contribution in [0.5, 0.6) is 0 Å². The minimum Gasteiger partial charge on any atom is -0.373 e. The molecule has 0 saturated carbocycles. The molecule has 92 valence electrons. The number of carbonyl (C=O) groups excluding carboxylic acids is 2. The Bertz CT molecular complexity index is 499. The first-order valence-electron chi connectivity index (χ1n) is 6.36. The van der Waals surface area contributed by atoms with E-state index in [1.54, 1.807) is 12.1 Å². The van der Waals surface area contributed by atoms with E-state index in [1.807, 2.05) is 18.2 Å². The highest BCUT2D eigenvalue weighted by Crippen LogP contribution is 2.49. The first-order valence-corrected chi connectivity index (χ1v) is 6.36. The molecule has 4 rings (SSSR count). The van der Waals surface area contributed by atoms with Gasteiger partial charge in [0.1, 0.15) is 0 Å². The second kappa shape index (κ2) is 3.42. The summed E-state index contributed by atoms with van der Waals surface area (Å²) < 4.78 is 5.70. The van der Waals surface area contributed by atoms with E-state index in [1.165, 1.54) is 4.90 Å². The van der Waals surface area contributed by atoms with Crippen LogP contribution in [0.1, 0.15) is 12.8 Å². The van der Waals surface area contributed by atoms with E-state index >= 15 is 0 Å². The average molecular weight is 243 g/mol. The van der Waals surface area contributed by atoms with Crippen LogP contribution in [-0.4, -0.2) is 24.0 Å². The standard InChI is InChI=1S/C14H13NO3/c16-13-11-9-6-7-10(18-9)12(11)14(17)15(13)8-4-2-1-3-5-8/h1-5,9-12H,6-7H2/t9-,10+,11-,12-/m0/s1. The summed E-state index contributed by atoms with van der Waals surface area (Å²) in [6.45, 7) is 0. The molecule has 2 bridgehead atoms. The Hall–Kier alpha value is -1.68. The second-order valence-electron chi connectivity index (χ2n) is 5.19. The highest BCUT2D eigenvalue weighted by molar-refractivity contribution is 6.22. The molecule has 3 aliphatic heterocycles. The number of ether oxygens (including phenoxy) is 1. The van der Waals surface area contributed by atoms with Crippen LogP contribution < -0.4 is 4.90 Å². The van der Waals surface area contributed by atoms with Gasteiger partial charge in [-0.3, -0.25) is 9.59 Å². The molecule has 18 heavy (non-hydrogen) atoms. The van der Waals surface area contributed by atoms with Gasteiger partial charge >= 0.3 is 0 Å². The predicted molar refractivity (Wildman–Crippen MR) is 63.8 cm³/mol. The molecule has 0 N–H and O–H groups in total. The first kappa shape index (κ1) is 10.3. The topological polar surface area (TPSA) is 46.6 Å². The highest BCUT2D eigenvalue weighted by atomic mass is 16.5. The smallest absolute Gasteiger partial charge is 0.240 e. The number of rotatable bonds is 1. The lowest BCUT2D eigenvalue weighted by molar-refractivity contribution is -0.124. The van der Waals surface area contributed by atoms with Crippen molar-refractivity contribution < 1.29 is 14.3 Å². The van der Waals surface area contributed by atoms with Crippen LogP contribution >= 0.6 is 0 Å². The molecule has 2 amide bonds. The van der Waals surface area contributed by atoms with Crippen LogP contribution in [0.2, 0.25) is 0 Å². The number of imide groups is 1. The van der Waals surface area contributed by atoms with Crippen LogP contribution in [0.3, 0.4) is 0 Å². The summed E-state index contributed by atoms with van der Waals surface area (Å²) in [5.41, 5.74) is 0.682. The number of hydrogen-bond donors (Lipinski definition) is 0. The highest BCUT2D eigenvalue weighted by Gasteiger charge is 2.62. The number of nitrogens with zero attached hydrogens (tertiary/aromatic N) is 1. The summed E-state index contributed by atoms with van der Waals surface area (Å²) in [7, 11) is 0. The van der Waals surface area contributed by atoms with Crippen molar-refractivity contribution in [2.75, 3.05) is 4.90 Å². The number of fused-ring (bicyclic) bond motifs is 5. The van der Waals surface area contributed by atoms with Crippen LogP contribution in [0.15, 0.2) is 30.3 Å². The Kier molecular flexibility index (Phi) is 1.95. The van der Waals surface area contributed by atoms with E-state index in [-0.39, 0.29) is 35.9 Å². The Morgan fingerprint density at radius 2 is 1.50 bits per heavy atom. The quantitative estimate of drug-likeness (QED) is 0.699. The zero-order valence-corrected chi connectivity index (χ0v) is 9.78. The SMILES string of the molecule is O=C1[C@@H]2[C@@H](C(=O)N1c1ccccc1)[C@H]1CC[C@@H]2O1. The van der Waals surface area contributed by atoms with Crippen LogP contribution in [0, 0.1) is 11.8 Å². The van der Waals surface area contributed by atoms with E-state index in [2.05, 4.69) is 0 Å². The monoisotopic (exact) mass is 243 g/mol. The fourth-order valence-corrected chi connectivity index (χ4v) is 3.54. The molecule has 0 aromatic heterocycles. The molecule has 4 atom stereocenters. The van der Waals surface area contributed by atoms with E-state index in [4.69, 9.17) is 4.74 Å². The molecule has 3 saturated heterocycles. The van der Waals surface area contributed by atoms with Gasteiger partial charge in [0.25, 0.3) is 0 Å². The van der Waals surface area contributed by atoms with Crippen LogP contribution in [-0.2, 0) is 14.3 Å². The summed E-state index contributed by atoms with van der Waals surface area (Å²) in [4.78, 5) is 26.2. The average Bonchev–Trinajstić information content (AvgIpc) is 3.05. The summed E-state index contributed by atoms with van der Waals surface area (Å²) in [6, 6.07) is 9.17. The lowest BCUT2D eigenvalue weighted by Gasteiger charge is -2.17. The van der Waals surface area contributed by atoms with Gasteiger partial charge in [0.2, 0.25) is 11.8 Å². The van der Waals surface area contributed by atoms with Crippen molar-refractivity contribution in [3.63, 3.8) is 0 Å². The Balaban J connectivity index is 1.76. The van der Waals surface area contributed by atoms with Crippen molar-refractivity contribution >= 4 is 17.5 Å². The van der Waals surface area contributed by atoms with Gasteiger partial charge < -0.3 is 4.74 Å². The second-order valence-corrected chi connectivity index (χ2v) is 5.19. The van der Waals surface area contributed by atoms with Crippen molar-refractivity contribution in [1.29, 1.82) is 0 Å². The number of para-hydroxylation sites is 1. The molecule has 1 aromatic carbocycles. The molecule has 1 aromatic rings. The summed E-state index contributed by atoms with van der Waals surface area (Å²) in [5, 5.41) is 0. The maximum absolute atomic E-state index is 12.4. The molecular formula is C14H13NO3.